The van der Waals surface area contributed by atoms with Crippen LogP contribution in [0.2, 0.25) is 0 Å². The number of ether oxygens (including phenoxy) is 2. The maximum atomic E-state index is 11.8. The van der Waals surface area contributed by atoms with Crippen molar-refractivity contribution in [1.82, 2.24) is 0 Å². The summed E-state index contributed by atoms with van der Waals surface area (Å²) in [6.45, 7) is 7.95. The number of aryl methyl sites for hydroxylation is 4. The zero-order valence-corrected chi connectivity index (χ0v) is 19.9. The highest BCUT2D eigenvalue weighted by Crippen LogP contribution is 2.15. The van der Waals surface area contributed by atoms with Gasteiger partial charge in [-0.2, -0.15) is 0 Å². The van der Waals surface area contributed by atoms with Gasteiger partial charge in [-0.1, -0.05) is 108 Å². The number of rotatable bonds is 4. The average Bonchev–Trinajstić information content (AvgIpc) is 2.83. The molecular formula is C35H48O4. The first-order valence-electron chi connectivity index (χ1n) is 11.0. The van der Waals surface area contributed by atoms with Gasteiger partial charge in [0.15, 0.2) is 0 Å². The lowest BCUT2D eigenvalue weighted by atomic mass is 10.1. The minimum absolute atomic E-state index is 0. The van der Waals surface area contributed by atoms with E-state index in [0.717, 1.165) is 22.3 Å². The van der Waals surface area contributed by atoms with Gasteiger partial charge < -0.3 is 9.47 Å². The van der Waals surface area contributed by atoms with E-state index in [9.17, 15) is 9.59 Å². The van der Waals surface area contributed by atoms with Crippen molar-refractivity contribution in [3.05, 3.63) is 130 Å². The van der Waals surface area contributed by atoms with Gasteiger partial charge in [0.2, 0.25) is 0 Å². The Kier molecular flexibility index (Phi) is 19.1. The van der Waals surface area contributed by atoms with Crippen LogP contribution in [0.15, 0.2) is 97.1 Å². The Morgan fingerprint density at radius 3 is 0.821 bits per heavy atom. The topological polar surface area (TPSA) is 52.6 Å². The molecule has 0 bridgehead atoms. The highest BCUT2D eigenvalue weighted by atomic mass is 16.5. The third-order valence-electron chi connectivity index (χ3n) is 5.04. The Morgan fingerprint density at radius 1 is 0.385 bits per heavy atom. The molecule has 4 nitrogen and oxygen atoms in total. The van der Waals surface area contributed by atoms with E-state index in [1.54, 1.807) is 48.5 Å². The molecule has 0 spiro atoms. The minimum Gasteiger partial charge on any atom is -0.423 e. The smallest absolute Gasteiger partial charge is 0.343 e. The third kappa shape index (κ3) is 12.8. The van der Waals surface area contributed by atoms with Crippen LogP contribution in [0.3, 0.4) is 0 Å². The van der Waals surface area contributed by atoms with Crippen molar-refractivity contribution in [2.24, 2.45) is 0 Å². The van der Waals surface area contributed by atoms with Gasteiger partial charge >= 0.3 is 11.9 Å². The molecule has 39 heavy (non-hydrogen) atoms. The van der Waals surface area contributed by atoms with Crippen LogP contribution in [0.25, 0.3) is 0 Å². The van der Waals surface area contributed by atoms with E-state index in [2.05, 4.69) is 0 Å². The summed E-state index contributed by atoms with van der Waals surface area (Å²) in [5, 5.41) is 0. The molecule has 0 radical (unpaired) electrons. The molecule has 0 unspecified atom stereocenters. The SMILES string of the molecule is C.C.C.C.C.Cc1ccc(OC(=O)c2ccc(C)cc2)cc1.Cc1ccc(OC(=O)c2ccc(C)cc2)cc1. The third-order valence-corrected chi connectivity index (χ3v) is 5.04. The summed E-state index contributed by atoms with van der Waals surface area (Å²) < 4.78 is 10.5. The largest absolute Gasteiger partial charge is 0.423 e. The number of hydrogen-bond acceptors (Lipinski definition) is 4. The molecule has 0 aliphatic carbocycles. The number of carbonyl (C=O) groups excluding carboxylic acids is 2. The molecule has 0 fully saturated rings. The van der Waals surface area contributed by atoms with Crippen molar-refractivity contribution < 1.29 is 19.1 Å². The fourth-order valence-corrected chi connectivity index (χ4v) is 2.92. The van der Waals surface area contributed by atoms with Crippen molar-refractivity contribution in [2.45, 2.75) is 64.8 Å². The molecule has 4 aromatic carbocycles. The monoisotopic (exact) mass is 532 g/mol. The molecule has 0 saturated heterocycles. The van der Waals surface area contributed by atoms with E-state index in [0.29, 0.717) is 22.6 Å². The standard InChI is InChI=1S/2C15H14O2.5CH4/c2*1-11-3-7-13(8-4-11)15(16)17-14-9-5-12(2)6-10-14;;;;;/h2*3-10H,1-2H3;5*1H4. The van der Waals surface area contributed by atoms with Gasteiger partial charge in [-0.05, 0) is 76.2 Å². The lowest BCUT2D eigenvalue weighted by Crippen LogP contribution is -2.08. The van der Waals surface area contributed by atoms with Crippen molar-refractivity contribution >= 4 is 11.9 Å². The summed E-state index contributed by atoms with van der Waals surface area (Å²) in [5.74, 6) is 0.491. The molecule has 4 rings (SSSR count). The fraction of sp³-hybridized carbons (Fsp3) is 0.257. The maximum absolute atomic E-state index is 11.8. The van der Waals surface area contributed by atoms with Crippen LogP contribution in [0.4, 0.5) is 0 Å². The van der Waals surface area contributed by atoms with E-state index in [-0.39, 0.29) is 49.1 Å². The molecule has 0 heterocycles. The molecular weight excluding hydrogens is 484 g/mol. The van der Waals surface area contributed by atoms with Gasteiger partial charge in [0.1, 0.15) is 11.5 Å². The number of benzene rings is 4. The van der Waals surface area contributed by atoms with E-state index < -0.39 is 0 Å². The van der Waals surface area contributed by atoms with Crippen molar-refractivity contribution in [1.29, 1.82) is 0 Å². The van der Waals surface area contributed by atoms with Crippen LogP contribution in [0.1, 0.15) is 80.1 Å². The average molecular weight is 533 g/mol. The first kappa shape index (κ1) is 39.3. The normalized spacial score (nSPS) is 8.72. The van der Waals surface area contributed by atoms with Gasteiger partial charge in [-0.25, -0.2) is 9.59 Å². The van der Waals surface area contributed by atoms with E-state index in [1.807, 2.05) is 76.2 Å². The lowest BCUT2D eigenvalue weighted by Gasteiger charge is -2.04. The Labute approximate surface area is 237 Å². The van der Waals surface area contributed by atoms with E-state index in [4.69, 9.17) is 9.47 Å². The zero-order valence-electron chi connectivity index (χ0n) is 19.9. The van der Waals surface area contributed by atoms with Crippen LogP contribution in [-0.2, 0) is 0 Å². The van der Waals surface area contributed by atoms with Crippen LogP contribution in [0.5, 0.6) is 11.5 Å². The molecule has 4 heteroatoms. The van der Waals surface area contributed by atoms with Gasteiger partial charge in [0.05, 0.1) is 11.1 Å². The molecule has 0 aliphatic rings. The summed E-state index contributed by atoms with van der Waals surface area (Å²) in [6.07, 6.45) is 0. The number of esters is 2. The highest BCUT2D eigenvalue weighted by molar-refractivity contribution is 5.91. The van der Waals surface area contributed by atoms with E-state index in [1.165, 1.54) is 0 Å². The van der Waals surface area contributed by atoms with Crippen molar-refractivity contribution in [2.75, 3.05) is 0 Å². The summed E-state index contributed by atoms with van der Waals surface area (Å²) in [7, 11) is 0. The zero-order chi connectivity index (χ0) is 24.5. The lowest BCUT2D eigenvalue weighted by molar-refractivity contribution is 0.0725. The second kappa shape index (κ2) is 19.0. The first-order chi connectivity index (χ1) is 16.3. The summed E-state index contributed by atoms with van der Waals surface area (Å²) in [4.78, 5) is 23.6. The Hall–Kier alpha value is -4.18. The van der Waals surface area contributed by atoms with Gasteiger partial charge in [-0.15, -0.1) is 0 Å². The highest BCUT2D eigenvalue weighted by Gasteiger charge is 2.08. The fourth-order valence-electron chi connectivity index (χ4n) is 2.92. The molecule has 0 aliphatic heterocycles. The molecule has 0 aromatic heterocycles. The minimum atomic E-state index is -0.325. The molecule has 0 amide bonds. The van der Waals surface area contributed by atoms with Gasteiger partial charge in [-0.3, -0.25) is 0 Å². The maximum Gasteiger partial charge on any atom is 0.343 e. The van der Waals surface area contributed by atoms with E-state index >= 15 is 0 Å². The second-order valence-electron chi connectivity index (χ2n) is 8.14. The first-order valence-corrected chi connectivity index (χ1v) is 11.0. The molecule has 212 valence electrons. The van der Waals surface area contributed by atoms with Gasteiger partial charge in [0.25, 0.3) is 0 Å². The molecule has 4 aromatic rings. The molecule has 0 saturated carbocycles. The Balaban J connectivity index is -0.000000589. The van der Waals surface area contributed by atoms with Crippen LogP contribution < -0.4 is 9.47 Å². The number of hydrogen-bond donors (Lipinski definition) is 0. The Morgan fingerprint density at radius 2 is 0.590 bits per heavy atom. The second-order valence-corrected chi connectivity index (χ2v) is 8.14. The molecule has 0 N–H and O–H groups in total. The quantitative estimate of drug-likeness (QED) is 0.194. The summed E-state index contributed by atoms with van der Waals surface area (Å²) in [5.41, 5.74) is 5.65. The predicted molar refractivity (Wildman–Crippen MR) is 168 cm³/mol. The summed E-state index contributed by atoms with van der Waals surface area (Å²) >= 11 is 0. The van der Waals surface area contributed by atoms with Crippen LogP contribution >= 0.6 is 0 Å². The summed E-state index contributed by atoms with van der Waals surface area (Å²) in [6, 6.07) is 29.5. The van der Waals surface area contributed by atoms with Gasteiger partial charge in [0, 0.05) is 0 Å². The predicted octanol–water partition coefficient (Wildman–Crippen LogP) is 10.2. The number of carbonyl (C=O) groups is 2. The van der Waals surface area contributed by atoms with Crippen molar-refractivity contribution in [3.8, 4) is 11.5 Å². The van der Waals surface area contributed by atoms with Crippen LogP contribution in [0, 0.1) is 27.7 Å². The van der Waals surface area contributed by atoms with Crippen LogP contribution in [-0.4, -0.2) is 11.9 Å². The molecule has 0 atom stereocenters. The Bertz CT molecular complexity index is 1120. The van der Waals surface area contributed by atoms with Crippen molar-refractivity contribution in [3.63, 3.8) is 0 Å².